The van der Waals surface area contributed by atoms with Crippen molar-refractivity contribution in [3.8, 4) is 11.3 Å². The molecule has 3 aromatic rings. The maximum atomic E-state index is 4.80. The quantitative estimate of drug-likeness (QED) is 0.679. The highest BCUT2D eigenvalue weighted by Crippen LogP contribution is 2.20. The summed E-state index contributed by atoms with van der Waals surface area (Å²) in [4.78, 5) is 1.82. The summed E-state index contributed by atoms with van der Waals surface area (Å²) in [6.07, 6.45) is 2.50. The van der Waals surface area contributed by atoms with Crippen LogP contribution in [-0.4, -0.2) is 34.6 Å². The highest BCUT2D eigenvalue weighted by atomic mass is 15.5. The van der Waals surface area contributed by atoms with Crippen LogP contribution >= 0.6 is 0 Å². The second kappa shape index (κ2) is 8.93. The molecule has 0 saturated carbocycles. The van der Waals surface area contributed by atoms with Gasteiger partial charge in [0.1, 0.15) is 11.4 Å². The number of piperidine rings is 1. The van der Waals surface area contributed by atoms with E-state index in [4.69, 9.17) is 10.2 Å². The van der Waals surface area contributed by atoms with Crippen molar-refractivity contribution < 1.29 is 0 Å². The van der Waals surface area contributed by atoms with E-state index in [-0.39, 0.29) is 0 Å². The van der Waals surface area contributed by atoms with Crippen LogP contribution in [0.1, 0.15) is 24.1 Å². The van der Waals surface area contributed by atoms with Crippen molar-refractivity contribution in [3.05, 3.63) is 71.9 Å². The number of nitrogens with one attached hydrogen (secondary N) is 2. The zero-order valence-electron chi connectivity index (χ0n) is 15.6. The number of rotatable bonds is 7. The molecule has 0 spiro atoms. The van der Waals surface area contributed by atoms with E-state index < -0.39 is 0 Å². The van der Waals surface area contributed by atoms with E-state index >= 15 is 0 Å². The normalized spacial score (nSPS) is 15.1. The molecule has 1 aliphatic heterocycles. The first-order valence-electron chi connectivity index (χ1n) is 9.83. The summed E-state index contributed by atoms with van der Waals surface area (Å²) in [5.74, 6) is 0.755. The average molecular weight is 361 g/mol. The molecule has 2 aromatic carbocycles. The van der Waals surface area contributed by atoms with Gasteiger partial charge in [-0.05, 0) is 44.0 Å². The van der Waals surface area contributed by atoms with Crippen molar-refractivity contribution in [2.24, 2.45) is 5.92 Å². The number of benzene rings is 2. The number of nitrogens with zero attached hydrogens (tertiary/aromatic N) is 3. The number of hydrogen-bond acceptors (Lipinski definition) is 4. The minimum atomic E-state index is 0.689. The van der Waals surface area contributed by atoms with Crippen LogP contribution in [0.3, 0.4) is 0 Å². The molecule has 27 heavy (non-hydrogen) atoms. The van der Waals surface area contributed by atoms with Crippen LogP contribution in [0.2, 0.25) is 0 Å². The Morgan fingerprint density at radius 1 is 0.926 bits per heavy atom. The molecule has 0 bridgehead atoms. The molecule has 5 heteroatoms. The highest BCUT2D eigenvalue weighted by Gasteiger charge is 2.16. The predicted octanol–water partition coefficient (Wildman–Crippen LogP) is 3.08. The summed E-state index contributed by atoms with van der Waals surface area (Å²) in [5, 5.41) is 16.6. The van der Waals surface area contributed by atoms with Crippen LogP contribution in [0.4, 0.5) is 0 Å². The molecule has 0 radical (unpaired) electrons. The van der Waals surface area contributed by atoms with E-state index in [0.29, 0.717) is 6.54 Å². The molecule has 1 saturated heterocycles. The molecule has 1 aromatic heterocycles. The fourth-order valence-electron chi connectivity index (χ4n) is 3.62. The van der Waals surface area contributed by atoms with Crippen LogP contribution in [-0.2, 0) is 13.1 Å². The molecule has 5 nitrogen and oxygen atoms in total. The smallest absolute Gasteiger partial charge is 0.117 e. The molecule has 2 heterocycles. The Bertz CT molecular complexity index is 822. The Hall–Kier alpha value is -2.50. The van der Waals surface area contributed by atoms with Crippen molar-refractivity contribution in [3.63, 3.8) is 0 Å². The summed E-state index contributed by atoms with van der Waals surface area (Å²) in [6, 6.07) is 20.7. The summed E-state index contributed by atoms with van der Waals surface area (Å²) in [7, 11) is 0. The van der Waals surface area contributed by atoms with Gasteiger partial charge in [0, 0.05) is 12.1 Å². The summed E-state index contributed by atoms with van der Waals surface area (Å²) >= 11 is 0. The molecule has 140 valence electrons. The minimum absolute atomic E-state index is 0.689. The molecule has 0 aliphatic carbocycles. The van der Waals surface area contributed by atoms with Gasteiger partial charge in [-0.3, -0.25) is 0 Å². The maximum absolute atomic E-state index is 4.80. The Morgan fingerprint density at radius 3 is 2.37 bits per heavy atom. The van der Waals surface area contributed by atoms with E-state index in [9.17, 15) is 0 Å². The second-order valence-corrected chi connectivity index (χ2v) is 7.20. The van der Waals surface area contributed by atoms with Crippen LogP contribution in [0.25, 0.3) is 11.3 Å². The molecular weight excluding hydrogens is 334 g/mol. The minimum Gasteiger partial charge on any atom is -0.317 e. The lowest BCUT2D eigenvalue weighted by Gasteiger charge is -2.22. The molecule has 0 unspecified atom stereocenters. The van der Waals surface area contributed by atoms with Crippen LogP contribution in [0.5, 0.6) is 0 Å². The van der Waals surface area contributed by atoms with Crippen molar-refractivity contribution in [1.82, 2.24) is 25.6 Å². The van der Waals surface area contributed by atoms with Crippen molar-refractivity contribution in [1.29, 1.82) is 0 Å². The Morgan fingerprint density at radius 2 is 1.63 bits per heavy atom. The molecular formula is C22H27N5. The molecule has 1 fully saturated rings. The topological polar surface area (TPSA) is 54.8 Å². The summed E-state index contributed by atoms with van der Waals surface area (Å²) in [5.41, 5.74) is 4.33. The summed E-state index contributed by atoms with van der Waals surface area (Å²) in [6.45, 7) is 4.75. The lowest BCUT2D eigenvalue weighted by atomic mass is 9.98. The SMILES string of the molecule is c1ccc(Cn2nc(CNCC3CCNCC3)c(-c3ccccc3)n2)cc1. The Kier molecular flexibility index (Phi) is 5.92. The standard InChI is InChI=1S/C22H27N5/c1-3-7-19(8-4-1)17-27-25-21(16-24-15-18-11-13-23-14-12-18)22(26-27)20-9-5-2-6-10-20/h1-10,18,23-24H,11-17H2. The van der Waals surface area contributed by atoms with Gasteiger partial charge in [0.15, 0.2) is 0 Å². The number of hydrogen-bond donors (Lipinski definition) is 2. The van der Waals surface area contributed by atoms with Gasteiger partial charge in [0.2, 0.25) is 0 Å². The second-order valence-electron chi connectivity index (χ2n) is 7.20. The zero-order valence-corrected chi connectivity index (χ0v) is 15.6. The van der Waals surface area contributed by atoms with Gasteiger partial charge in [-0.1, -0.05) is 60.7 Å². The fraction of sp³-hybridized carbons (Fsp3) is 0.364. The van der Waals surface area contributed by atoms with Crippen molar-refractivity contribution >= 4 is 0 Å². The van der Waals surface area contributed by atoms with Crippen LogP contribution in [0.15, 0.2) is 60.7 Å². The molecule has 0 amide bonds. The van der Waals surface area contributed by atoms with Gasteiger partial charge in [0.25, 0.3) is 0 Å². The van der Waals surface area contributed by atoms with Gasteiger partial charge in [-0.25, -0.2) is 0 Å². The van der Waals surface area contributed by atoms with Gasteiger partial charge < -0.3 is 10.6 Å². The third-order valence-corrected chi connectivity index (χ3v) is 5.12. The van der Waals surface area contributed by atoms with Crippen LogP contribution < -0.4 is 10.6 Å². The van der Waals surface area contributed by atoms with Gasteiger partial charge in [0.05, 0.1) is 6.54 Å². The number of aromatic nitrogens is 3. The summed E-state index contributed by atoms with van der Waals surface area (Å²) < 4.78 is 0. The average Bonchev–Trinajstić information content (AvgIpc) is 3.13. The van der Waals surface area contributed by atoms with E-state index in [0.717, 1.165) is 49.0 Å². The molecule has 0 atom stereocenters. The van der Waals surface area contributed by atoms with E-state index in [1.54, 1.807) is 0 Å². The van der Waals surface area contributed by atoms with Gasteiger partial charge >= 0.3 is 0 Å². The Labute approximate surface area is 160 Å². The largest absolute Gasteiger partial charge is 0.317 e. The van der Waals surface area contributed by atoms with E-state index in [1.807, 2.05) is 16.9 Å². The lowest BCUT2D eigenvalue weighted by Crippen LogP contribution is -2.33. The van der Waals surface area contributed by atoms with E-state index in [1.165, 1.54) is 18.4 Å². The first-order chi connectivity index (χ1) is 13.4. The third kappa shape index (κ3) is 4.81. The van der Waals surface area contributed by atoms with Crippen LogP contribution in [0, 0.1) is 5.92 Å². The van der Waals surface area contributed by atoms with Gasteiger partial charge in [-0.15, -0.1) is 0 Å². The predicted molar refractivity (Wildman–Crippen MR) is 108 cm³/mol. The van der Waals surface area contributed by atoms with E-state index in [2.05, 4.69) is 59.2 Å². The monoisotopic (exact) mass is 361 g/mol. The maximum Gasteiger partial charge on any atom is 0.117 e. The van der Waals surface area contributed by atoms with Gasteiger partial charge in [-0.2, -0.15) is 15.0 Å². The zero-order chi connectivity index (χ0) is 18.3. The van der Waals surface area contributed by atoms with Crippen molar-refractivity contribution in [2.75, 3.05) is 19.6 Å². The fourth-order valence-corrected chi connectivity index (χ4v) is 3.62. The molecule has 1 aliphatic rings. The molecule has 2 N–H and O–H groups in total. The highest BCUT2D eigenvalue weighted by molar-refractivity contribution is 5.60. The third-order valence-electron chi connectivity index (χ3n) is 5.12. The Balaban J connectivity index is 1.49. The lowest BCUT2D eigenvalue weighted by molar-refractivity contribution is 0.355. The molecule has 4 rings (SSSR count). The first-order valence-corrected chi connectivity index (χ1v) is 9.83. The van der Waals surface area contributed by atoms with Crippen molar-refractivity contribution in [2.45, 2.75) is 25.9 Å². The first kappa shape index (κ1) is 17.9.